The van der Waals surface area contributed by atoms with Crippen LogP contribution in [-0.4, -0.2) is 29.6 Å². The van der Waals surface area contributed by atoms with Gasteiger partial charge in [-0.3, -0.25) is 4.79 Å². The Balaban J connectivity index is 2.14. The normalized spacial score (nSPS) is 16.7. The Kier molecular flexibility index (Phi) is 4.96. The van der Waals surface area contributed by atoms with Gasteiger partial charge < -0.3 is 15.7 Å². The first-order valence-electron chi connectivity index (χ1n) is 7.39. The smallest absolute Gasteiger partial charge is 0.326 e. The minimum absolute atomic E-state index is 0.106. The molecule has 0 saturated carbocycles. The summed E-state index contributed by atoms with van der Waals surface area (Å²) >= 11 is 0. The highest BCUT2D eigenvalue weighted by atomic mass is 16.4. The van der Waals surface area contributed by atoms with Crippen LogP contribution in [0.2, 0.25) is 0 Å². The van der Waals surface area contributed by atoms with E-state index in [0.29, 0.717) is 12.0 Å². The number of hydrogen-bond donors (Lipinski definition) is 3. The van der Waals surface area contributed by atoms with E-state index in [0.717, 1.165) is 25.1 Å². The van der Waals surface area contributed by atoms with Crippen LogP contribution in [0.25, 0.3) is 0 Å². The molecule has 0 aromatic heterocycles. The summed E-state index contributed by atoms with van der Waals surface area (Å²) < 4.78 is 0. The van der Waals surface area contributed by atoms with Crippen molar-refractivity contribution in [1.29, 1.82) is 0 Å². The second-order valence-corrected chi connectivity index (χ2v) is 5.59. The lowest BCUT2D eigenvalue weighted by Gasteiger charge is -2.21. The molecule has 1 amide bonds. The number of hydrogen-bond acceptors (Lipinski definition) is 3. The van der Waals surface area contributed by atoms with E-state index in [-0.39, 0.29) is 11.8 Å². The molecule has 1 aliphatic heterocycles. The van der Waals surface area contributed by atoms with E-state index in [2.05, 4.69) is 10.6 Å². The third-order valence-electron chi connectivity index (χ3n) is 4.12. The maximum absolute atomic E-state index is 12.3. The SMILES string of the molecule is CCC(C)C(NC(=O)c1ccc2c(c1)CNCC2)C(=O)O. The Morgan fingerprint density at radius 3 is 2.81 bits per heavy atom. The first-order valence-corrected chi connectivity index (χ1v) is 7.39. The number of nitrogens with one attached hydrogen (secondary N) is 2. The van der Waals surface area contributed by atoms with Crippen LogP contribution >= 0.6 is 0 Å². The predicted octanol–water partition coefficient (Wildman–Crippen LogP) is 1.56. The van der Waals surface area contributed by atoms with E-state index in [1.165, 1.54) is 5.56 Å². The minimum Gasteiger partial charge on any atom is -0.480 e. The predicted molar refractivity (Wildman–Crippen MR) is 80.2 cm³/mol. The summed E-state index contributed by atoms with van der Waals surface area (Å²) in [5.41, 5.74) is 2.89. The van der Waals surface area contributed by atoms with Crippen molar-refractivity contribution < 1.29 is 14.7 Å². The molecule has 5 heteroatoms. The summed E-state index contributed by atoms with van der Waals surface area (Å²) in [7, 11) is 0. The molecule has 2 atom stereocenters. The van der Waals surface area contributed by atoms with Crippen molar-refractivity contribution in [2.45, 2.75) is 39.3 Å². The molecular formula is C16H22N2O3. The van der Waals surface area contributed by atoms with E-state index in [1.807, 2.05) is 26.0 Å². The summed E-state index contributed by atoms with van der Waals surface area (Å²) in [5.74, 6) is -1.42. The second kappa shape index (κ2) is 6.72. The number of carboxylic acids is 1. The van der Waals surface area contributed by atoms with Gasteiger partial charge in [-0.25, -0.2) is 4.79 Å². The van der Waals surface area contributed by atoms with Crippen LogP contribution in [-0.2, 0) is 17.8 Å². The molecule has 0 saturated heterocycles. The van der Waals surface area contributed by atoms with Crippen LogP contribution in [0.15, 0.2) is 18.2 Å². The average molecular weight is 290 g/mol. The summed E-state index contributed by atoms with van der Waals surface area (Å²) in [6.07, 6.45) is 1.66. The van der Waals surface area contributed by atoms with E-state index < -0.39 is 12.0 Å². The zero-order valence-electron chi connectivity index (χ0n) is 12.5. The third kappa shape index (κ3) is 3.61. The Bertz CT molecular complexity index is 542. The molecule has 0 radical (unpaired) electrons. The van der Waals surface area contributed by atoms with E-state index in [1.54, 1.807) is 6.07 Å². The molecule has 0 aliphatic carbocycles. The van der Waals surface area contributed by atoms with Crippen molar-refractivity contribution in [3.63, 3.8) is 0 Å². The van der Waals surface area contributed by atoms with Gasteiger partial charge in [0.05, 0.1) is 0 Å². The highest BCUT2D eigenvalue weighted by molar-refractivity contribution is 5.96. The second-order valence-electron chi connectivity index (χ2n) is 5.59. The zero-order valence-corrected chi connectivity index (χ0v) is 12.5. The number of benzene rings is 1. The minimum atomic E-state index is -0.989. The molecule has 2 rings (SSSR count). The van der Waals surface area contributed by atoms with Gasteiger partial charge in [-0.05, 0) is 42.1 Å². The lowest BCUT2D eigenvalue weighted by atomic mass is 9.96. The van der Waals surface area contributed by atoms with Crippen LogP contribution in [0.1, 0.15) is 41.8 Å². The Hall–Kier alpha value is -1.88. The van der Waals surface area contributed by atoms with Crippen LogP contribution in [0.5, 0.6) is 0 Å². The van der Waals surface area contributed by atoms with Gasteiger partial charge in [0, 0.05) is 12.1 Å². The average Bonchev–Trinajstić information content (AvgIpc) is 2.50. The lowest BCUT2D eigenvalue weighted by molar-refractivity contribution is -0.140. The van der Waals surface area contributed by atoms with Crippen molar-refractivity contribution >= 4 is 11.9 Å². The molecule has 1 aromatic rings. The largest absolute Gasteiger partial charge is 0.480 e. The zero-order chi connectivity index (χ0) is 15.4. The fourth-order valence-electron chi connectivity index (χ4n) is 2.53. The molecule has 114 valence electrons. The van der Waals surface area contributed by atoms with E-state index in [9.17, 15) is 14.7 Å². The van der Waals surface area contributed by atoms with Crippen molar-refractivity contribution in [3.05, 3.63) is 34.9 Å². The fraction of sp³-hybridized carbons (Fsp3) is 0.500. The van der Waals surface area contributed by atoms with Gasteiger partial charge in [0.15, 0.2) is 0 Å². The monoisotopic (exact) mass is 290 g/mol. The van der Waals surface area contributed by atoms with Crippen LogP contribution in [0.4, 0.5) is 0 Å². The molecule has 2 unspecified atom stereocenters. The molecule has 0 spiro atoms. The topological polar surface area (TPSA) is 78.4 Å². The molecular weight excluding hydrogens is 268 g/mol. The maximum atomic E-state index is 12.3. The van der Waals surface area contributed by atoms with Gasteiger partial charge in [0.2, 0.25) is 0 Å². The summed E-state index contributed by atoms with van der Waals surface area (Å²) in [6, 6.07) is 4.74. The van der Waals surface area contributed by atoms with Gasteiger partial charge in [-0.2, -0.15) is 0 Å². The Labute approximate surface area is 124 Å². The fourth-order valence-corrected chi connectivity index (χ4v) is 2.53. The van der Waals surface area contributed by atoms with Crippen molar-refractivity contribution in [1.82, 2.24) is 10.6 Å². The van der Waals surface area contributed by atoms with Crippen molar-refractivity contribution in [2.24, 2.45) is 5.92 Å². The standard InChI is InChI=1S/C16H22N2O3/c1-3-10(2)14(16(20)21)18-15(19)12-5-4-11-6-7-17-9-13(11)8-12/h4-5,8,10,14,17H,3,6-7,9H2,1-2H3,(H,18,19)(H,20,21). The maximum Gasteiger partial charge on any atom is 0.326 e. The molecule has 0 bridgehead atoms. The number of carbonyl (C=O) groups is 2. The molecule has 0 fully saturated rings. The first-order chi connectivity index (χ1) is 10.0. The van der Waals surface area contributed by atoms with Crippen molar-refractivity contribution in [2.75, 3.05) is 6.54 Å². The summed E-state index contributed by atoms with van der Waals surface area (Å²) in [4.78, 5) is 23.5. The van der Waals surface area contributed by atoms with Crippen molar-refractivity contribution in [3.8, 4) is 0 Å². The molecule has 1 heterocycles. The molecule has 21 heavy (non-hydrogen) atoms. The number of aliphatic carboxylic acids is 1. The Morgan fingerprint density at radius 2 is 2.14 bits per heavy atom. The third-order valence-corrected chi connectivity index (χ3v) is 4.12. The molecule has 3 N–H and O–H groups in total. The van der Waals surface area contributed by atoms with Gasteiger partial charge in [0.1, 0.15) is 6.04 Å². The highest BCUT2D eigenvalue weighted by Gasteiger charge is 2.26. The molecule has 1 aliphatic rings. The van der Waals surface area contributed by atoms with E-state index >= 15 is 0 Å². The number of carbonyl (C=O) groups excluding carboxylic acids is 1. The number of fused-ring (bicyclic) bond motifs is 1. The molecule has 1 aromatic carbocycles. The van der Waals surface area contributed by atoms with E-state index in [4.69, 9.17) is 0 Å². The number of amides is 1. The van der Waals surface area contributed by atoms with Gasteiger partial charge in [0.25, 0.3) is 5.91 Å². The first kappa shape index (κ1) is 15.5. The van der Waals surface area contributed by atoms with Gasteiger partial charge >= 0.3 is 5.97 Å². The quantitative estimate of drug-likeness (QED) is 0.769. The lowest BCUT2D eigenvalue weighted by Crippen LogP contribution is -2.45. The van der Waals surface area contributed by atoms with Crippen LogP contribution in [0.3, 0.4) is 0 Å². The number of rotatable bonds is 5. The summed E-state index contributed by atoms with van der Waals surface area (Å²) in [5, 5.41) is 15.1. The van der Waals surface area contributed by atoms with Crippen LogP contribution in [0, 0.1) is 5.92 Å². The highest BCUT2D eigenvalue weighted by Crippen LogP contribution is 2.16. The molecule has 5 nitrogen and oxygen atoms in total. The van der Waals surface area contributed by atoms with Crippen LogP contribution < -0.4 is 10.6 Å². The summed E-state index contributed by atoms with van der Waals surface area (Å²) in [6.45, 7) is 5.45. The van der Waals surface area contributed by atoms with Gasteiger partial charge in [-0.15, -0.1) is 0 Å². The van der Waals surface area contributed by atoms with Gasteiger partial charge in [-0.1, -0.05) is 26.3 Å². The Morgan fingerprint density at radius 1 is 1.38 bits per heavy atom. The number of carboxylic acid groups (broad SMARTS) is 1.